The number of carbonyl (C=O) groups excluding carboxylic acids is 2. The molecule has 4 rings (SSSR count). The van der Waals surface area contributed by atoms with Crippen LogP contribution in [0, 0.1) is 19.8 Å². The van der Waals surface area contributed by atoms with Crippen LogP contribution in [0.4, 0.5) is 5.69 Å². The van der Waals surface area contributed by atoms with Crippen LogP contribution in [-0.4, -0.2) is 28.1 Å². The molecule has 6 nitrogen and oxygen atoms in total. The first-order valence-electron chi connectivity index (χ1n) is 9.72. The van der Waals surface area contributed by atoms with Crippen LogP contribution in [0.15, 0.2) is 54.2 Å². The van der Waals surface area contributed by atoms with E-state index in [0.717, 1.165) is 21.7 Å². The van der Waals surface area contributed by atoms with Crippen molar-refractivity contribution in [2.24, 2.45) is 5.92 Å². The molecular weight excluding hydrogens is 384 g/mol. The Hall–Kier alpha value is -2.93. The highest BCUT2D eigenvalue weighted by atomic mass is 32.1. The van der Waals surface area contributed by atoms with E-state index in [2.05, 4.69) is 10.4 Å². The fourth-order valence-electron chi connectivity index (χ4n) is 3.78. The van der Waals surface area contributed by atoms with Gasteiger partial charge in [-0.05, 0) is 43.0 Å². The zero-order valence-electron chi connectivity index (χ0n) is 16.5. The number of amides is 2. The van der Waals surface area contributed by atoms with Crippen LogP contribution in [0.5, 0.6) is 0 Å². The van der Waals surface area contributed by atoms with Gasteiger partial charge in [0, 0.05) is 29.7 Å². The first-order chi connectivity index (χ1) is 14.0. The maximum Gasteiger partial charge on any atom is 0.228 e. The quantitative estimate of drug-likeness (QED) is 0.679. The van der Waals surface area contributed by atoms with E-state index in [9.17, 15) is 9.59 Å². The van der Waals surface area contributed by atoms with Crippen LogP contribution in [0.3, 0.4) is 0 Å². The zero-order valence-corrected chi connectivity index (χ0v) is 17.4. The summed E-state index contributed by atoms with van der Waals surface area (Å²) in [7, 11) is 0. The lowest BCUT2D eigenvalue weighted by atomic mass is 9.97. The maximum absolute atomic E-state index is 13.0. The Kier molecular flexibility index (Phi) is 5.49. The van der Waals surface area contributed by atoms with E-state index >= 15 is 0 Å². The minimum absolute atomic E-state index is 0.0184. The first kappa shape index (κ1) is 19.4. The molecule has 1 N–H and O–H groups in total. The van der Waals surface area contributed by atoms with Crippen molar-refractivity contribution in [3.05, 3.63) is 70.2 Å². The van der Waals surface area contributed by atoms with Gasteiger partial charge in [0.05, 0.1) is 24.7 Å². The minimum Gasteiger partial charge on any atom is -0.354 e. The molecule has 29 heavy (non-hydrogen) atoms. The molecule has 150 valence electrons. The number of nitrogens with one attached hydrogen (secondary N) is 1. The number of rotatable bonds is 6. The fourth-order valence-corrected chi connectivity index (χ4v) is 4.66. The number of aromatic nitrogens is 2. The number of nitrogens with zero attached hydrogens (tertiary/aromatic N) is 3. The highest BCUT2D eigenvalue weighted by Gasteiger charge is 2.45. The summed E-state index contributed by atoms with van der Waals surface area (Å²) < 4.78 is 1.81. The van der Waals surface area contributed by atoms with Crippen molar-refractivity contribution in [3.8, 4) is 0 Å². The summed E-state index contributed by atoms with van der Waals surface area (Å²) in [6, 6.07) is 11.6. The molecule has 1 aromatic carbocycles. The minimum atomic E-state index is -0.415. The molecule has 0 bridgehead atoms. The van der Waals surface area contributed by atoms with Gasteiger partial charge in [-0.15, -0.1) is 11.3 Å². The number of carbonyl (C=O) groups is 2. The molecule has 3 aromatic rings. The lowest BCUT2D eigenvalue weighted by Crippen LogP contribution is -2.36. The largest absolute Gasteiger partial charge is 0.354 e. The summed E-state index contributed by atoms with van der Waals surface area (Å²) in [5.41, 5.74) is 3.06. The van der Waals surface area contributed by atoms with Gasteiger partial charge >= 0.3 is 0 Å². The highest BCUT2D eigenvalue weighted by Crippen LogP contribution is 2.43. The van der Waals surface area contributed by atoms with E-state index in [-0.39, 0.29) is 24.3 Å². The molecule has 3 heterocycles. The van der Waals surface area contributed by atoms with Gasteiger partial charge in [0.2, 0.25) is 11.8 Å². The molecule has 1 saturated heterocycles. The van der Waals surface area contributed by atoms with Crippen LogP contribution in [0.1, 0.15) is 28.5 Å². The van der Waals surface area contributed by atoms with Crippen LogP contribution in [0.25, 0.3) is 0 Å². The third-order valence-corrected chi connectivity index (χ3v) is 6.15. The normalized spacial score (nSPS) is 19.0. The molecule has 1 fully saturated rings. The lowest BCUT2D eigenvalue weighted by molar-refractivity contribution is -0.126. The monoisotopic (exact) mass is 408 g/mol. The Morgan fingerprint density at radius 2 is 2.00 bits per heavy atom. The van der Waals surface area contributed by atoms with E-state index in [1.165, 1.54) is 0 Å². The third-order valence-electron chi connectivity index (χ3n) is 5.21. The molecule has 2 unspecified atom stereocenters. The van der Waals surface area contributed by atoms with Crippen LogP contribution < -0.4 is 10.2 Å². The molecule has 2 atom stereocenters. The van der Waals surface area contributed by atoms with Gasteiger partial charge in [0.1, 0.15) is 0 Å². The summed E-state index contributed by atoms with van der Waals surface area (Å²) in [6.07, 6.45) is 3.95. The van der Waals surface area contributed by atoms with Crippen molar-refractivity contribution in [2.45, 2.75) is 32.9 Å². The van der Waals surface area contributed by atoms with Crippen molar-refractivity contribution in [3.63, 3.8) is 0 Å². The van der Waals surface area contributed by atoms with E-state index in [4.69, 9.17) is 0 Å². The van der Waals surface area contributed by atoms with Crippen molar-refractivity contribution in [1.29, 1.82) is 0 Å². The van der Waals surface area contributed by atoms with Crippen LogP contribution in [0.2, 0.25) is 0 Å². The average molecular weight is 409 g/mol. The molecule has 1 aliphatic heterocycles. The van der Waals surface area contributed by atoms with Crippen LogP contribution in [-0.2, 0) is 16.1 Å². The summed E-state index contributed by atoms with van der Waals surface area (Å²) >= 11 is 1.58. The van der Waals surface area contributed by atoms with Gasteiger partial charge in [0.25, 0.3) is 0 Å². The summed E-state index contributed by atoms with van der Waals surface area (Å²) in [6.45, 7) is 5.08. The Labute approximate surface area is 174 Å². The predicted octanol–water partition coefficient (Wildman–Crippen LogP) is 3.47. The van der Waals surface area contributed by atoms with Crippen molar-refractivity contribution >= 4 is 28.8 Å². The number of thiophene rings is 1. The summed E-state index contributed by atoms with van der Waals surface area (Å²) in [4.78, 5) is 28.7. The second-order valence-corrected chi connectivity index (χ2v) is 8.42. The molecule has 0 saturated carbocycles. The molecule has 2 aromatic heterocycles. The smallest absolute Gasteiger partial charge is 0.228 e. The van der Waals surface area contributed by atoms with Gasteiger partial charge in [-0.25, -0.2) is 0 Å². The Morgan fingerprint density at radius 3 is 2.66 bits per heavy atom. The summed E-state index contributed by atoms with van der Waals surface area (Å²) in [5.74, 6) is -0.521. The number of hydrogen-bond donors (Lipinski definition) is 1. The van der Waals surface area contributed by atoms with Gasteiger partial charge in [-0.1, -0.05) is 23.8 Å². The Balaban J connectivity index is 1.53. The first-order valence-corrected chi connectivity index (χ1v) is 10.6. The molecular formula is C22H24N4O2S. The third kappa shape index (κ3) is 4.10. The average Bonchev–Trinajstić information content (AvgIpc) is 3.43. The molecule has 0 aliphatic carbocycles. The van der Waals surface area contributed by atoms with Gasteiger partial charge < -0.3 is 10.2 Å². The number of anilines is 1. The van der Waals surface area contributed by atoms with Gasteiger partial charge in [0.15, 0.2) is 0 Å². The standard InChI is InChI=1S/C22H24N4O2S/c1-15-5-7-17(8-6-15)26-20(27)12-18(21(26)19-4-3-11-29-19)22(28)23-9-10-25-14-16(2)13-24-25/h3-8,11,13-14,18,21H,9-10,12H2,1-2H3,(H,23,28). The van der Waals surface area contributed by atoms with Crippen LogP contribution >= 0.6 is 11.3 Å². The number of aryl methyl sites for hydroxylation is 2. The van der Waals surface area contributed by atoms with E-state index < -0.39 is 5.92 Å². The van der Waals surface area contributed by atoms with Gasteiger partial charge in [-0.2, -0.15) is 5.10 Å². The number of hydrogen-bond acceptors (Lipinski definition) is 4. The van der Waals surface area contributed by atoms with E-state index in [0.29, 0.717) is 13.1 Å². The molecule has 0 spiro atoms. The lowest BCUT2D eigenvalue weighted by Gasteiger charge is -2.27. The topological polar surface area (TPSA) is 67.2 Å². The molecule has 7 heteroatoms. The molecule has 1 aliphatic rings. The van der Waals surface area contributed by atoms with E-state index in [1.54, 1.807) is 22.4 Å². The predicted molar refractivity (Wildman–Crippen MR) is 114 cm³/mol. The van der Waals surface area contributed by atoms with Crippen molar-refractivity contribution < 1.29 is 9.59 Å². The SMILES string of the molecule is Cc1ccc(N2C(=O)CC(C(=O)NCCn3cc(C)cn3)C2c2cccs2)cc1. The fraction of sp³-hybridized carbons (Fsp3) is 0.318. The second kappa shape index (κ2) is 8.21. The highest BCUT2D eigenvalue weighted by molar-refractivity contribution is 7.10. The number of benzene rings is 1. The Morgan fingerprint density at radius 1 is 1.21 bits per heavy atom. The van der Waals surface area contributed by atoms with Crippen molar-refractivity contribution in [1.82, 2.24) is 15.1 Å². The zero-order chi connectivity index (χ0) is 20.4. The van der Waals surface area contributed by atoms with Gasteiger partial charge in [-0.3, -0.25) is 14.3 Å². The maximum atomic E-state index is 13.0. The second-order valence-electron chi connectivity index (χ2n) is 7.44. The van der Waals surface area contributed by atoms with Crippen molar-refractivity contribution in [2.75, 3.05) is 11.4 Å². The van der Waals surface area contributed by atoms with E-state index in [1.807, 2.05) is 66.5 Å². The Bertz CT molecular complexity index is 994. The summed E-state index contributed by atoms with van der Waals surface area (Å²) in [5, 5.41) is 9.23. The molecule has 0 radical (unpaired) electrons. The molecule has 2 amide bonds.